The number of rotatable bonds is 6. The summed E-state index contributed by atoms with van der Waals surface area (Å²) in [6.07, 6.45) is 0.865. The maximum Gasteiger partial charge on any atom is 0.335 e. The minimum atomic E-state index is -3.60. The number of hydrogen-bond donors (Lipinski definition) is 1. The van der Waals surface area contributed by atoms with Crippen LogP contribution >= 0.6 is 0 Å². The van der Waals surface area contributed by atoms with Crippen molar-refractivity contribution in [3.05, 3.63) is 29.8 Å². The van der Waals surface area contributed by atoms with E-state index in [9.17, 15) is 13.2 Å². The Balaban J connectivity index is 2.19. The number of aromatic carboxylic acids is 1. The van der Waals surface area contributed by atoms with Gasteiger partial charge in [-0.05, 0) is 36.6 Å². The molecule has 1 aliphatic rings. The molecule has 1 saturated heterocycles. The fourth-order valence-corrected chi connectivity index (χ4v) is 3.86. The Morgan fingerprint density at radius 1 is 1.38 bits per heavy atom. The van der Waals surface area contributed by atoms with Gasteiger partial charge in [0.05, 0.1) is 17.1 Å². The monoisotopic (exact) mass is 313 g/mol. The predicted molar refractivity (Wildman–Crippen MR) is 76.8 cm³/mol. The van der Waals surface area contributed by atoms with E-state index >= 15 is 0 Å². The largest absolute Gasteiger partial charge is 0.478 e. The maximum atomic E-state index is 12.6. The van der Waals surface area contributed by atoms with E-state index in [-0.39, 0.29) is 16.4 Å². The molecule has 0 saturated carbocycles. The fraction of sp³-hybridized carbons (Fsp3) is 0.500. The summed E-state index contributed by atoms with van der Waals surface area (Å²) in [6.45, 7) is 3.86. The summed E-state index contributed by atoms with van der Waals surface area (Å²) in [4.78, 5) is 10.9. The molecular formula is C14H19NO5S. The predicted octanol–water partition coefficient (Wildman–Crippen LogP) is 1.43. The van der Waals surface area contributed by atoms with Gasteiger partial charge in [0.15, 0.2) is 0 Å². The quantitative estimate of drug-likeness (QED) is 0.859. The summed E-state index contributed by atoms with van der Waals surface area (Å²) in [5, 5.41) is 8.85. The lowest BCUT2D eigenvalue weighted by Crippen LogP contribution is -2.35. The highest BCUT2D eigenvalue weighted by molar-refractivity contribution is 7.89. The summed E-state index contributed by atoms with van der Waals surface area (Å²) in [5.74, 6) is -0.854. The van der Waals surface area contributed by atoms with E-state index < -0.39 is 16.0 Å². The fourth-order valence-electron chi connectivity index (χ4n) is 2.33. The van der Waals surface area contributed by atoms with Crippen molar-refractivity contribution >= 4 is 16.0 Å². The minimum Gasteiger partial charge on any atom is -0.478 e. The highest BCUT2D eigenvalue weighted by Crippen LogP contribution is 2.21. The van der Waals surface area contributed by atoms with Crippen LogP contribution < -0.4 is 0 Å². The van der Waals surface area contributed by atoms with Crippen LogP contribution in [0.2, 0.25) is 0 Å². The van der Waals surface area contributed by atoms with Gasteiger partial charge in [-0.3, -0.25) is 0 Å². The Morgan fingerprint density at radius 2 is 2.05 bits per heavy atom. The topological polar surface area (TPSA) is 83.9 Å². The highest BCUT2D eigenvalue weighted by atomic mass is 32.2. The van der Waals surface area contributed by atoms with Gasteiger partial charge in [-0.15, -0.1) is 0 Å². The van der Waals surface area contributed by atoms with Gasteiger partial charge in [0.1, 0.15) is 0 Å². The molecule has 0 aromatic heterocycles. The van der Waals surface area contributed by atoms with Crippen molar-refractivity contribution in [3.63, 3.8) is 0 Å². The lowest BCUT2D eigenvalue weighted by molar-refractivity contribution is 0.0696. The SMILES string of the molecule is CCN(CC1CCOC1)S(=O)(=O)c1ccc(C(=O)O)cc1. The zero-order chi connectivity index (χ0) is 15.5. The zero-order valence-electron chi connectivity index (χ0n) is 11.9. The van der Waals surface area contributed by atoms with Gasteiger partial charge in [0.25, 0.3) is 0 Å². The Labute approximate surface area is 124 Å². The third-order valence-electron chi connectivity index (χ3n) is 3.58. The summed E-state index contributed by atoms with van der Waals surface area (Å²) in [5.41, 5.74) is 0.0705. The molecule has 6 nitrogen and oxygen atoms in total. The van der Waals surface area contributed by atoms with Crippen LogP contribution in [0.4, 0.5) is 0 Å². The smallest absolute Gasteiger partial charge is 0.335 e. The van der Waals surface area contributed by atoms with Crippen molar-refractivity contribution < 1.29 is 23.1 Å². The van der Waals surface area contributed by atoms with Crippen LogP contribution in [-0.2, 0) is 14.8 Å². The lowest BCUT2D eigenvalue weighted by Gasteiger charge is -2.23. The number of sulfonamides is 1. The molecule has 7 heteroatoms. The molecule has 1 N–H and O–H groups in total. The summed E-state index contributed by atoms with van der Waals surface area (Å²) >= 11 is 0. The first-order valence-electron chi connectivity index (χ1n) is 6.86. The molecule has 0 bridgehead atoms. The second-order valence-corrected chi connectivity index (χ2v) is 6.95. The number of ether oxygens (including phenoxy) is 1. The average molecular weight is 313 g/mol. The highest BCUT2D eigenvalue weighted by Gasteiger charge is 2.27. The van der Waals surface area contributed by atoms with E-state index in [0.29, 0.717) is 26.3 Å². The van der Waals surface area contributed by atoms with E-state index in [4.69, 9.17) is 9.84 Å². The molecule has 0 amide bonds. The lowest BCUT2D eigenvalue weighted by atomic mass is 10.1. The number of carboxylic acids is 1. The van der Waals surface area contributed by atoms with Crippen LogP contribution in [0.3, 0.4) is 0 Å². The average Bonchev–Trinajstić information content (AvgIpc) is 2.97. The molecule has 116 valence electrons. The Kier molecular flexibility index (Phi) is 4.97. The van der Waals surface area contributed by atoms with Crippen LogP contribution in [-0.4, -0.2) is 50.1 Å². The molecule has 2 rings (SSSR count). The van der Waals surface area contributed by atoms with Gasteiger partial charge in [0, 0.05) is 19.7 Å². The standard InChI is InChI=1S/C14H19NO5S/c1-2-15(9-11-7-8-20-10-11)21(18,19)13-5-3-12(4-6-13)14(16)17/h3-6,11H,2,7-10H2,1H3,(H,16,17). The summed E-state index contributed by atoms with van der Waals surface area (Å²) < 4.78 is 31.8. The molecule has 0 spiro atoms. The second kappa shape index (κ2) is 6.55. The molecule has 1 aliphatic heterocycles. The van der Waals surface area contributed by atoms with Crippen molar-refractivity contribution in [3.8, 4) is 0 Å². The van der Waals surface area contributed by atoms with E-state index in [1.165, 1.54) is 28.6 Å². The molecule has 1 aromatic carbocycles. The van der Waals surface area contributed by atoms with E-state index in [1.54, 1.807) is 6.92 Å². The molecule has 1 atom stereocenters. The van der Waals surface area contributed by atoms with E-state index in [2.05, 4.69) is 0 Å². The maximum absolute atomic E-state index is 12.6. The van der Waals surface area contributed by atoms with Crippen LogP contribution in [0.1, 0.15) is 23.7 Å². The van der Waals surface area contributed by atoms with E-state index in [1.807, 2.05) is 0 Å². The van der Waals surface area contributed by atoms with Gasteiger partial charge in [-0.25, -0.2) is 13.2 Å². The number of nitrogens with zero attached hydrogens (tertiary/aromatic N) is 1. The Morgan fingerprint density at radius 3 is 2.52 bits per heavy atom. The number of benzene rings is 1. The molecule has 0 radical (unpaired) electrons. The van der Waals surface area contributed by atoms with Crippen LogP contribution in [0.25, 0.3) is 0 Å². The molecule has 1 unspecified atom stereocenters. The molecule has 1 aromatic rings. The second-order valence-electron chi connectivity index (χ2n) is 5.01. The van der Waals surface area contributed by atoms with Crippen molar-refractivity contribution in [1.82, 2.24) is 4.31 Å². The zero-order valence-corrected chi connectivity index (χ0v) is 12.7. The van der Waals surface area contributed by atoms with Gasteiger partial charge in [0.2, 0.25) is 10.0 Å². The van der Waals surface area contributed by atoms with Gasteiger partial charge >= 0.3 is 5.97 Å². The van der Waals surface area contributed by atoms with Crippen LogP contribution in [0, 0.1) is 5.92 Å². The first kappa shape index (κ1) is 15.9. The van der Waals surface area contributed by atoms with Crippen molar-refractivity contribution in [1.29, 1.82) is 0 Å². The Hall–Kier alpha value is -1.44. The van der Waals surface area contributed by atoms with Crippen molar-refractivity contribution in [2.24, 2.45) is 5.92 Å². The third kappa shape index (κ3) is 3.61. The number of carboxylic acid groups (broad SMARTS) is 1. The van der Waals surface area contributed by atoms with Gasteiger partial charge in [-0.1, -0.05) is 6.92 Å². The molecule has 1 fully saturated rings. The summed E-state index contributed by atoms with van der Waals surface area (Å²) in [7, 11) is -3.60. The Bertz CT molecular complexity index is 590. The number of carbonyl (C=O) groups is 1. The first-order valence-corrected chi connectivity index (χ1v) is 8.30. The van der Waals surface area contributed by atoms with E-state index in [0.717, 1.165) is 6.42 Å². The third-order valence-corrected chi connectivity index (χ3v) is 5.53. The van der Waals surface area contributed by atoms with Crippen LogP contribution in [0.5, 0.6) is 0 Å². The van der Waals surface area contributed by atoms with Gasteiger partial charge in [-0.2, -0.15) is 4.31 Å². The molecular weight excluding hydrogens is 294 g/mol. The summed E-state index contributed by atoms with van der Waals surface area (Å²) in [6, 6.07) is 5.29. The molecule has 21 heavy (non-hydrogen) atoms. The minimum absolute atomic E-state index is 0.0705. The van der Waals surface area contributed by atoms with Gasteiger partial charge < -0.3 is 9.84 Å². The molecule has 1 heterocycles. The number of hydrogen-bond acceptors (Lipinski definition) is 4. The van der Waals surface area contributed by atoms with Crippen molar-refractivity contribution in [2.45, 2.75) is 18.2 Å². The molecule has 0 aliphatic carbocycles. The van der Waals surface area contributed by atoms with Crippen molar-refractivity contribution in [2.75, 3.05) is 26.3 Å². The normalized spacial score (nSPS) is 19.0. The van der Waals surface area contributed by atoms with Crippen LogP contribution in [0.15, 0.2) is 29.2 Å². The first-order chi connectivity index (χ1) is 9.95.